The molecule has 5 heteroatoms. The number of anilines is 1. The van der Waals surface area contributed by atoms with Gasteiger partial charge in [-0.05, 0) is 43.5 Å². The third-order valence-electron chi connectivity index (χ3n) is 3.89. The molecule has 0 saturated heterocycles. The minimum absolute atomic E-state index is 0.0892. The van der Waals surface area contributed by atoms with Crippen LogP contribution in [0, 0.1) is 11.3 Å². The first-order chi connectivity index (χ1) is 11.2. The Morgan fingerprint density at radius 2 is 2.22 bits per heavy atom. The molecule has 4 nitrogen and oxygen atoms in total. The molecule has 23 heavy (non-hydrogen) atoms. The van der Waals surface area contributed by atoms with E-state index in [1.807, 2.05) is 30.0 Å². The zero-order chi connectivity index (χ0) is 16.2. The van der Waals surface area contributed by atoms with Crippen LogP contribution in [0.3, 0.4) is 0 Å². The van der Waals surface area contributed by atoms with E-state index in [1.54, 1.807) is 18.3 Å². The molecule has 1 aliphatic heterocycles. The maximum absolute atomic E-state index is 12.8. The number of hydrogen-bond acceptors (Lipinski definition) is 4. The summed E-state index contributed by atoms with van der Waals surface area (Å²) < 4.78 is 0. The molecule has 1 aromatic carbocycles. The van der Waals surface area contributed by atoms with Crippen molar-refractivity contribution < 1.29 is 4.79 Å². The van der Waals surface area contributed by atoms with Crippen LogP contribution in [-0.2, 0) is 11.2 Å². The molecule has 2 heterocycles. The monoisotopic (exact) mass is 323 g/mol. The van der Waals surface area contributed by atoms with E-state index in [2.05, 4.69) is 17.1 Å². The summed E-state index contributed by atoms with van der Waals surface area (Å²) in [6.07, 6.45) is 3.61. The van der Waals surface area contributed by atoms with Crippen molar-refractivity contribution in [3.63, 3.8) is 0 Å². The highest BCUT2D eigenvalue weighted by Gasteiger charge is 2.26. The second-order valence-electron chi connectivity index (χ2n) is 5.48. The van der Waals surface area contributed by atoms with E-state index in [0.717, 1.165) is 25.1 Å². The lowest BCUT2D eigenvalue weighted by Gasteiger charge is -2.31. The first kappa shape index (κ1) is 15.6. The van der Waals surface area contributed by atoms with Gasteiger partial charge in [-0.25, -0.2) is 4.98 Å². The number of nitrogens with zero attached hydrogens (tertiary/aromatic N) is 3. The van der Waals surface area contributed by atoms with Crippen LogP contribution in [0.15, 0.2) is 47.6 Å². The molecule has 1 amide bonds. The summed E-state index contributed by atoms with van der Waals surface area (Å²) in [6, 6.07) is 13.6. The molecule has 0 aliphatic carbocycles. The standard InChI is InChI=1S/C18H17N3OS/c1-13(23-17-11-14(12-19)8-9-20-17)18(22)21-10-4-6-15-5-2-3-7-16(15)21/h2-3,5,7-9,11,13H,4,6,10H2,1H3. The Hall–Kier alpha value is -2.32. The fourth-order valence-electron chi connectivity index (χ4n) is 2.76. The van der Waals surface area contributed by atoms with Crippen LogP contribution in [0.1, 0.15) is 24.5 Å². The predicted octanol–water partition coefficient (Wildman–Crippen LogP) is 3.41. The van der Waals surface area contributed by atoms with Gasteiger partial charge in [-0.1, -0.05) is 30.0 Å². The van der Waals surface area contributed by atoms with Crippen LogP contribution >= 0.6 is 11.8 Å². The number of aromatic nitrogens is 1. The van der Waals surface area contributed by atoms with Crippen LogP contribution in [0.4, 0.5) is 5.69 Å². The van der Waals surface area contributed by atoms with E-state index in [1.165, 1.54) is 17.3 Å². The summed E-state index contributed by atoms with van der Waals surface area (Å²) in [7, 11) is 0. The van der Waals surface area contributed by atoms with E-state index in [-0.39, 0.29) is 11.2 Å². The van der Waals surface area contributed by atoms with Crippen molar-refractivity contribution in [3.8, 4) is 6.07 Å². The molecule has 3 rings (SSSR count). The van der Waals surface area contributed by atoms with Crippen molar-refractivity contribution in [2.75, 3.05) is 11.4 Å². The second kappa shape index (κ2) is 6.84. The molecule has 1 unspecified atom stereocenters. The van der Waals surface area contributed by atoms with Gasteiger partial charge >= 0.3 is 0 Å². The number of fused-ring (bicyclic) bond motifs is 1. The highest BCUT2D eigenvalue weighted by Crippen LogP contribution is 2.30. The molecular weight excluding hydrogens is 306 g/mol. The molecule has 0 bridgehead atoms. The first-order valence-corrected chi connectivity index (χ1v) is 8.49. The highest BCUT2D eigenvalue weighted by molar-refractivity contribution is 8.00. The predicted molar refractivity (Wildman–Crippen MR) is 91.4 cm³/mol. The quantitative estimate of drug-likeness (QED) is 0.812. The Bertz CT molecular complexity index is 769. The molecule has 0 N–H and O–H groups in total. The molecule has 0 saturated carbocycles. The van der Waals surface area contributed by atoms with Gasteiger partial charge < -0.3 is 4.90 Å². The Kier molecular flexibility index (Phi) is 4.63. The number of pyridine rings is 1. The Balaban J connectivity index is 1.77. The number of nitriles is 1. The van der Waals surface area contributed by atoms with Crippen LogP contribution in [0.25, 0.3) is 0 Å². The summed E-state index contributed by atoms with van der Waals surface area (Å²) in [5, 5.41) is 9.41. The van der Waals surface area contributed by atoms with Crippen LogP contribution in [-0.4, -0.2) is 22.7 Å². The zero-order valence-corrected chi connectivity index (χ0v) is 13.7. The van der Waals surface area contributed by atoms with Gasteiger partial charge in [-0.2, -0.15) is 5.26 Å². The average Bonchev–Trinajstić information content (AvgIpc) is 2.60. The zero-order valence-electron chi connectivity index (χ0n) is 12.9. The average molecular weight is 323 g/mol. The Labute approximate surface area is 140 Å². The number of aryl methyl sites for hydroxylation is 1. The number of carbonyl (C=O) groups is 1. The molecule has 116 valence electrons. The van der Waals surface area contributed by atoms with Crippen molar-refractivity contribution >= 4 is 23.4 Å². The molecule has 0 spiro atoms. The van der Waals surface area contributed by atoms with Crippen molar-refractivity contribution in [2.45, 2.75) is 30.0 Å². The van der Waals surface area contributed by atoms with Gasteiger partial charge in [0.25, 0.3) is 0 Å². The van der Waals surface area contributed by atoms with E-state index in [9.17, 15) is 4.79 Å². The lowest BCUT2D eigenvalue weighted by atomic mass is 10.0. The number of carbonyl (C=O) groups excluding carboxylic acids is 1. The highest BCUT2D eigenvalue weighted by atomic mass is 32.2. The summed E-state index contributed by atoms with van der Waals surface area (Å²) in [6.45, 7) is 2.65. The summed E-state index contributed by atoms with van der Waals surface area (Å²) in [5.41, 5.74) is 2.81. The van der Waals surface area contributed by atoms with E-state index >= 15 is 0 Å². The Morgan fingerprint density at radius 1 is 1.39 bits per heavy atom. The first-order valence-electron chi connectivity index (χ1n) is 7.61. The van der Waals surface area contributed by atoms with Gasteiger partial charge in [-0.15, -0.1) is 0 Å². The minimum Gasteiger partial charge on any atom is -0.311 e. The van der Waals surface area contributed by atoms with Crippen molar-refractivity contribution in [1.29, 1.82) is 5.26 Å². The summed E-state index contributed by atoms with van der Waals surface area (Å²) in [4.78, 5) is 19.0. The maximum atomic E-state index is 12.8. The number of para-hydroxylation sites is 1. The lowest BCUT2D eigenvalue weighted by molar-refractivity contribution is -0.117. The van der Waals surface area contributed by atoms with E-state index < -0.39 is 0 Å². The second-order valence-corrected chi connectivity index (χ2v) is 6.84. The van der Waals surface area contributed by atoms with Crippen LogP contribution in [0.5, 0.6) is 0 Å². The molecule has 0 radical (unpaired) electrons. The third kappa shape index (κ3) is 3.38. The molecule has 2 aromatic rings. The van der Waals surface area contributed by atoms with Gasteiger partial charge in [-0.3, -0.25) is 4.79 Å². The summed E-state index contributed by atoms with van der Waals surface area (Å²) in [5.74, 6) is 0.0892. The van der Waals surface area contributed by atoms with Gasteiger partial charge in [0.2, 0.25) is 5.91 Å². The SMILES string of the molecule is CC(Sc1cc(C#N)ccn1)C(=O)N1CCCc2ccccc21. The molecular formula is C18H17N3OS. The van der Waals surface area contributed by atoms with Gasteiger partial charge in [0.05, 0.1) is 21.9 Å². The van der Waals surface area contributed by atoms with Crippen LogP contribution < -0.4 is 4.90 Å². The van der Waals surface area contributed by atoms with E-state index in [4.69, 9.17) is 5.26 Å². The Morgan fingerprint density at radius 3 is 3.04 bits per heavy atom. The fourth-order valence-corrected chi connectivity index (χ4v) is 3.66. The van der Waals surface area contributed by atoms with Gasteiger partial charge in [0, 0.05) is 18.4 Å². The smallest absolute Gasteiger partial charge is 0.240 e. The molecule has 1 aromatic heterocycles. The number of benzene rings is 1. The normalized spacial score (nSPS) is 14.7. The largest absolute Gasteiger partial charge is 0.311 e. The van der Waals surface area contributed by atoms with Crippen molar-refractivity contribution in [1.82, 2.24) is 4.98 Å². The molecule has 1 atom stereocenters. The van der Waals surface area contributed by atoms with Gasteiger partial charge in [0.15, 0.2) is 0 Å². The van der Waals surface area contributed by atoms with E-state index in [0.29, 0.717) is 10.6 Å². The molecule has 1 aliphatic rings. The van der Waals surface area contributed by atoms with Crippen molar-refractivity contribution in [3.05, 3.63) is 53.7 Å². The topological polar surface area (TPSA) is 57.0 Å². The third-order valence-corrected chi connectivity index (χ3v) is 4.91. The number of amides is 1. The summed E-state index contributed by atoms with van der Waals surface area (Å²) >= 11 is 1.40. The minimum atomic E-state index is -0.248. The van der Waals surface area contributed by atoms with Gasteiger partial charge in [0.1, 0.15) is 0 Å². The number of rotatable bonds is 3. The van der Waals surface area contributed by atoms with Crippen molar-refractivity contribution in [2.24, 2.45) is 0 Å². The maximum Gasteiger partial charge on any atom is 0.240 e. The molecule has 0 fully saturated rings. The lowest BCUT2D eigenvalue weighted by Crippen LogP contribution is -2.40. The van der Waals surface area contributed by atoms with Crippen LogP contribution in [0.2, 0.25) is 0 Å². The number of thioether (sulfide) groups is 1. The fraction of sp³-hybridized carbons (Fsp3) is 0.278. The number of hydrogen-bond donors (Lipinski definition) is 0.